The van der Waals surface area contributed by atoms with Crippen LogP contribution in [-0.4, -0.2) is 49.1 Å². The van der Waals surface area contributed by atoms with Gasteiger partial charge in [-0.15, -0.1) is 0 Å². The highest BCUT2D eigenvalue weighted by atomic mass is 32.2. The van der Waals surface area contributed by atoms with Gasteiger partial charge in [-0.2, -0.15) is 0 Å². The molecule has 3 nitrogen and oxygen atoms in total. The summed E-state index contributed by atoms with van der Waals surface area (Å²) < 4.78 is 21.4. The minimum atomic E-state index is -0.149. The van der Waals surface area contributed by atoms with Crippen LogP contribution in [0.25, 0.3) is 10.8 Å². The third kappa shape index (κ3) is 6.53. The van der Waals surface area contributed by atoms with Crippen molar-refractivity contribution in [2.75, 3.05) is 39.9 Å². The molecule has 5 heteroatoms. The summed E-state index contributed by atoms with van der Waals surface area (Å²) in [6.07, 6.45) is 2.43. The highest BCUT2D eigenvalue weighted by Crippen LogP contribution is 2.29. The lowest BCUT2D eigenvalue weighted by atomic mass is 9.97. The molecule has 0 saturated carbocycles. The van der Waals surface area contributed by atoms with Crippen LogP contribution in [-0.2, 0) is 11.3 Å². The van der Waals surface area contributed by atoms with Crippen LogP contribution >= 0.6 is 11.9 Å². The molecule has 31 heavy (non-hydrogen) atoms. The van der Waals surface area contributed by atoms with E-state index in [-0.39, 0.29) is 5.82 Å². The Kier molecular flexibility index (Phi) is 7.97. The summed E-state index contributed by atoms with van der Waals surface area (Å²) >= 11 is 1.83. The minimum Gasteiger partial charge on any atom is -0.383 e. The summed E-state index contributed by atoms with van der Waals surface area (Å²) in [6.45, 7) is 5.61. The van der Waals surface area contributed by atoms with E-state index in [1.165, 1.54) is 34.6 Å². The molecular weight excluding hydrogens is 407 g/mol. The third-order valence-electron chi connectivity index (χ3n) is 5.86. The Morgan fingerprint density at radius 3 is 2.77 bits per heavy atom. The molecule has 1 aliphatic rings. The van der Waals surface area contributed by atoms with Crippen LogP contribution < -0.4 is 0 Å². The molecule has 1 fully saturated rings. The van der Waals surface area contributed by atoms with Crippen molar-refractivity contribution in [3.05, 3.63) is 78.1 Å². The molecule has 0 aliphatic carbocycles. The SMILES string of the molecule is COCCN(CC1CCCN(Cc2cccc(F)c2)C1)Sc1ccc2ccccc2c1. The van der Waals surface area contributed by atoms with Crippen LogP contribution in [0, 0.1) is 11.7 Å². The first-order valence-electron chi connectivity index (χ1n) is 11.1. The second-order valence-electron chi connectivity index (χ2n) is 8.35. The Morgan fingerprint density at radius 2 is 1.94 bits per heavy atom. The molecule has 0 radical (unpaired) electrons. The Morgan fingerprint density at radius 1 is 1.06 bits per heavy atom. The van der Waals surface area contributed by atoms with Crippen LogP contribution in [0.5, 0.6) is 0 Å². The standard InChI is InChI=1S/C26H31FN2OS/c1-30-15-14-29(31-26-12-11-23-8-2-3-9-24(23)17-26)20-22-7-5-13-28(19-22)18-21-6-4-10-25(27)16-21/h2-4,6,8-12,16-17,22H,5,7,13-15,18-20H2,1H3. The molecule has 1 atom stereocenters. The number of methoxy groups -OCH3 is 1. The summed E-state index contributed by atoms with van der Waals surface area (Å²) in [4.78, 5) is 3.74. The molecule has 1 aliphatic heterocycles. The molecule has 3 aromatic carbocycles. The van der Waals surface area contributed by atoms with Crippen molar-refractivity contribution >= 4 is 22.7 Å². The van der Waals surface area contributed by atoms with Gasteiger partial charge in [0.25, 0.3) is 0 Å². The number of fused-ring (bicyclic) bond motifs is 1. The molecule has 0 bridgehead atoms. The predicted octanol–water partition coefficient (Wildman–Crippen LogP) is 5.85. The highest BCUT2D eigenvalue weighted by Gasteiger charge is 2.23. The number of benzene rings is 3. The van der Waals surface area contributed by atoms with E-state index in [1.54, 1.807) is 19.2 Å². The van der Waals surface area contributed by atoms with E-state index in [0.29, 0.717) is 5.92 Å². The largest absolute Gasteiger partial charge is 0.383 e. The van der Waals surface area contributed by atoms with Crippen molar-refractivity contribution in [3.8, 4) is 0 Å². The molecule has 1 saturated heterocycles. The van der Waals surface area contributed by atoms with E-state index < -0.39 is 0 Å². The number of hydrogen-bond acceptors (Lipinski definition) is 4. The number of rotatable bonds is 9. The average molecular weight is 439 g/mol. The molecule has 0 spiro atoms. The number of piperidine rings is 1. The van der Waals surface area contributed by atoms with Crippen molar-refractivity contribution in [2.24, 2.45) is 5.92 Å². The summed E-state index contributed by atoms with van der Waals surface area (Å²) in [6, 6.07) is 22.2. The fraction of sp³-hybridized carbons (Fsp3) is 0.385. The highest BCUT2D eigenvalue weighted by molar-refractivity contribution is 7.97. The van der Waals surface area contributed by atoms with Gasteiger partial charge in [0, 0.05) is 38.2 Å². The first-order chi connectivity index (χ1) is 15.2. The first-order valence-corrected chi connectivity index (χ1v) is 11.8. The predicted molar refractivity (Wildman–Crippen MR) is 128 cm³/mol. The number of hydrogen-bond donors (Lipinski definition) is 0. The van der Waals surface area contributed by atoms with E-state index >= 15 is 0 Å². The zero-order chi connectivity index (χ0) is 21.5. The monoisotopic (exact) mass is 438 g/mol. The summed E-state index contributed by atoms with van der Waals surface area (Å²) in [7, 11) is 1.76. The lowest BCUT2D eigenvalue weighted by Gasteiger charge is -2.35. The zero-order valence-corrected chi connectivity index (χ0v) is 19.0. The van der Waals surface area contributed by atoms with Gasteiger partial charge in [0.15, 0.2) is 0 Å². The Labute approximate surface area is 189 Å². The first kappa shape index (κ1) is 22.3. The van der Waals surface area contributed by atoms with Gasteiger partial charge < -0.3 is 4.74 Å². The Hall–Kier alpha value is -1.92. The molecule has 164 valence electrons. The van der Waals surface area contributed by atoms with E-state index in [9.17, 15) is 4.39 Å². The summed E-state index contributed by atoms with van der Waals surface area (Å²) in [5, 5.41) is 2.55. The van der Waals surface area contributed by atoms with Crippen molar-refractivity contribution in [1.29, 1.82) is 0 Å². The molecule has 1 unspecified atom stereocenters. The van der Waals surface area contributed by atoms with Crippen molar-refractivity contribution in [2.45, 2.75) is 24.3 Å². The lowest BCUT2D eigenvalue weighted by Crippen LogP contribution is -2.39. The van der Waals surface area contributed by atoms with Gasteiger partial charge in [0.2, 0.25) is 0 Å². The maximum atomic E-state index is 13.6. The Bertz CT molecular complexity index is 982. The second kappa shape index (κ2) is 11.1. The lowest BCUT2D eigenvalue weighted by molar-refractivity contribution is 0.139. The van der Waals surface area contributed by atoms with Crippen molar-refractivity contribution in [3.63, 3.8) is 0 Å². The molecule has 4 rings (SSSR count). The quantitative estimate of drug-likeness (QED) is 0.390. The maximum absolute atomic E-state index is 13.6. The number of ether oxygens (including phenoxy) is 1. The van der Waals surface area contributed by atoms with Gasteiger partial charge >= 0.3 is 0 Å². The van der Waals surface area contributed by atoms with Crippen molar-refractivity contribution < 1.29 is 9.13 Å². The van der Waals surface area contributed by atoms with E-state index in [1.807, 2.05) is 18.0 Å². The van der Waals surface area contributed by atoms with Gasteiger partial charge in [0.05, 0.1) is 6.61 Å². The fourth-order valence-electron chi connectivity index (χ4n) is 4.37. The van der Waals surface area contributed by atoms with Crippen LogP contribution in [0.15, 0.2) is 71.6 Å². The fourth-order valence-corrected chi connectivity index (χ4v) is 5.42. The van der Waals surface area contributed by atoms with Crippen molar-refractivity contribution in [1.82, 2.24) is 9.21 Å². The van der Waals surface area contributed by atoms with Crippen LogP contribution in [0.4, 0.5) is 4.39 Å². The zero-order valence-electron chi connectivity index (χ0n) is 18.2. The molecule has 3 aromatic rings. The number of halogens is 1. The Balaban J connectivity index is 1.39. The summed E-state index contributed by atoms with van der Waals surface area (Å²) in [5.74, 6) is 0.454. The van der Waals surface area contributed by atoms with Gasteiger partial charge in [-0.25, -0.2) is 8.70 Å². The van der Waals surface area contributed by atoms with E-state index in [2.05, 4.69) is 51.7 Å². The third-order valence-corrected chi connectivity index (χ3v) is 6.92. The topological polar surface area (TPSA) is 15.7 Å². The smallest absolute Gasteiger partial charge is 0.123 e. The van der Waals surface area contributed by atoms with Gasteiger partial charge in [-0.3, -0.25) is 4.90 Å². The van der Waals surface area contributed by atoms with Crippen LogP contribution in [0.2, 0.25) is 0 Å². The number of likely N-dealkylation sites (tertiary alicyclic amines) is 1. The number of nitrogens with zero attached hydrogens (tertiary/aromatic N) is 2. The van der Waals surface area contributed by atoms with Crippen LogP contribution in [0.3, 0.4) is 0 Å². The minimum absolute atomic E-state index is 0.149. The maximum Gasteiger partial charge on any atom is 0.123 e. The van der Waals surface area contributed by atoms with Crippen LogP contribution in [0.1, 0.15) is 18.4 Å². The molecule has 0 aromatic heterocycles. The van der Waals surface area contributed by atoms with Gasteiger partial charge in [-0.1, -0.05) is 42.5 Å². The van der Waals surface area contributed by atoms with Gasteiger partial charge in [0.1, 0.15) is 5.82 Å². The average Bonchev–Trinajstić information content (AvgIpc) is 2.78. The van der Waals surface area contributed by atoms with E-state index in [0.717, 1.165) is 44.9 Å². The summed E-state index contributed by atoms with van der Waals surface area (Å²) in [5.41, 5.74) is 1.06. The second-order valence-corrected chi connectivity index (χ2v) is 9.52. The molecule has 1 heterocycles. The molecule has 0 amide bonds. The molecule has 0 N–H and O–H groups in total. The van der Waals surface area contributed by atoms with E-state index in [4.69, 9.17) is 4.74 Å². The molecular formula is C26H31FN2OS. The van der Waals surface area contributed by atoms with Gasteiger partial charge in [-0.05, 0) is 77.9 Å². The normalized spacial score (nSPS) is 17.5.